The highest BCUT2D eigenvalue weighted by molar-refractivity contribution is 8.00. The maximum Gasteiger partial charge on any atom is 0.262 e. The first kappa shape index (κ1) is 21.8. The lowest BCUT2D eigenvalue weighted by Gasteiger charge is -2.31. The van der Waals surface area contributed by atoms with E-state index in [2.05, 4.69) is 6.92 Å². The van der Waals surface area contributed by atoms with Crippen LogP contribution in [0.5, 0.6) is 0 Å². The molecule has 4 aromatic rings. The molecule has 166 valence electrons. The Bertz CT molecular complexity index is 1350. The molecule has 0 saturated heterocycles. The molecule has 1 amide bonds. The van der Waals surface area contributed by atoms with Crippen molar-refractivity contribution in [2.24, 2.45) is 0 Å². The second-order valence-electron chi connectivity index (χ2n) is 7.78. The molecule has 3 aromatic carbocycles. The van der Waals surface area contributed by atoms with Crippen LogP contribution in [0.1, 0.15) is 19.8 Å². The van der Waals surface area contributed by atoms with Crippen molar-refractivity contribution in [2.45, 2.75) is 41.3 Å². The monoisotopic (exact) mass is 473 g/mol. The predicted molar refractivity (Wildman–Crippen MR) is 136 cm³/mol. The third-order valence-corrected chi connectivity index (χ3v) is 7.66. The van der Waals surface area contributed by atoms with Crippen molar-refractivity contribution in [2.75, 3.05) is 10.7 Å². The molecule has 0 unspecified atom stereocenters. The minimum atomic E-state index is -0.0472. The fraction of sp³-hybridized carbons (Fsp3) is 0.192. The number of nitrogens with zero attached hydrogens (tertiary/aromatic N) is 3. The van der Waals surface area contributed by atoms with Gasteiger partial charge < -0.3 is 0 Å². The van der Waals surface area contributed by atoms with E-state index in [0.29, 0.717) is 22.6 Å². The van der Waals surface area contributed by atoms with Gasteiger partial charge in [0.2, 0.25) is 5.91 Å². The number of carbonyl (C=O) groups excluding carboxylic acids is 1. The zero-order valence-electron chi connectivity index (χ0n) is 18.2. The van der Waals surface area contributed by atoms with Crippen LogP contribution in [0.3, 0.4) is 0 Å². The van der Waals surface area contributed by atoms with Gasteiger partial charge in [0.25, 0.3) is 5.56 Å². The summed E-state index contributed by atoms with van der Waals surface area (Å²) in [5, 5.41) is 1.20. The Morgan fingerprint density at radius 3 is 2.27 bits per heavy atom. The summed E-state index contributed by atoms with van der Waals surface area (Å²) >= 11 is 3.01. The van der Waals surface area contributed by atoms with Gasteiger partial charge in [-0.1, -0.05) is 73.3 Å². The van der Waals surface area contributed by atoms with Crippen molar-refractivity contribution >= 4 is 51.7 Å². The minimum absolute atomic E-state index is 0.0374. The van der Waals surface area contributed by atoms with E-state index in [9.17, 15) is 9.59 Å². The van der Waals surface area contributed by atoms with Crippen LogP contribution >= 0.6 is 23.5 Å². The standard InChI is InChI=1S/C26H23N3O2S2/c1-2-3-16-28-25(31)18-10-4-5-11-19(18)27-26(28)32-17-24(30)29-20-12-6-8-14-22(20)33-23-15-9-7-13-21(23)29/h4-15H,2-3,16-17H2,1H3. The molecule has 0 aliphatic carbocycles. The molecule has 0 atom stereocenters. The van der Waals surface area contributed by atoms with E-state index < -0.39 is 0 Å². The fourth-order valence-electron chi connectivity index (χ4n) is 3.94. The summed E-state index contributed by atoms with van der Waals surface area (Å²) in [4.78, 5) is 35.3. The van der Waals surface area contributed by atoms with Gasteiger partial charge in [0.15, 0.2) is 5.16 Å². The molecule has 2 heterocycles. The molecule has 33 heavy (non-hydrogen) atoms. The largest absolute Gasteiger partial charge is 0.287 e. The van der Waals surface area contributed by atoms with E-state index in [-0.39, 0.29) is 17.2 Å². The smallest absolute Gasteiger partial charge is 0.262 e. The summed E-state index contributed by atoms with van der Waals surface area (Å²) < 4.78 is 1.72. The molecule has 0 bridgehead atoms. The molecule has 1 aromatic heterocycles. The minimum Gasteiger partial charge on any atom is -0.287 e. The molecule has 0 spiro atoms. The van der Waals surface area contributed by atoms with Crippen LogP contribution in [-0.4, -0.2) is 21.2 Å². The molecule has 1 aliphatic heterocycles. The van der Waals surface area contributed by atoms with Gasteiger partial charge in [-0.3, -0.25) is 19.1 Å². The first-order valence-corrected chi connectivity index (χ1v) is 12.8. The topological polar surface area (TPSA) is 55.2 Å². The van der Waals surface area contributed by atoms with E-state index in [1.165, 1.54) is 11.8 Å². The number of para-hydroxylation sites is 3. The highest BCUT2D eigenvalue weighted by Crippen LogP contribution is 2.48. The van der Waals surface area contributed by atoms with Crippen LogP contribution in [0.4, 0.5) is 11.4 Å². The van der Waals surface area contributed by atoms with Crippen molar-refractivity contribution in [3.05, 3.63) is 83.2 Å². The number of thioether (sulfide) groups is 1. The number of aromatic nitrogens is 2. The lowest BCUT2D eigenvalue weighted by Crippen LogP contribution is -2.30. The average molecular weight is 474 g/mol. The quantitative estimate of drug-likeness (QED) is 0.249. The van der Waals surface area contributed by atoms with E-state index in [1.807, 2.05) is 72.8 Å². The zero-order chi connectivity index (χ0) is 22.8. The van der Waals surface area contributed by atoms with Crippen molar-refractivity contribution in [3.63, 3.8) is 0 Å². The lowest BCUT2D eigenvalue weighted by molar-refractivity contribution is -0.115. The SMILES string of the molecule is CCCCn1c(SCC(=O)N2c3ccccc3Sc3ccccc32)nc2ccccc2c1=O. The van der Waals surface area contributed by atoms with Gasteiger partial charge in [-0.05, 0) is 42.8 Å². The number of benzene rings is 3. The van der Waals surface area contributed by atoms with Crippen LogP contribution in [0.15, 0.2) is 92.5 Å². The zero-order valence-corrected chi connectivity index (χ0v) is 19.9. The summed E-state index contributed by atoms with van der Waals surface area (Å²) in [7, 11) is 0. The van der Waals surface area contributed by atoms with Gasteiger partial charge in [-0.15, -0.1) is 0 Å². The van der Waals surface area contributed by atoms with Gasteiger partial charge in [0, 0.05) is 16.3 Å². The maximum absolute atomic E-state index is 13.6. The first-order chi connectivity index (χ1) is 16.2. The third kappa shape index (κ3) is 4.18. The Labute approximate surface area is 200 Å². The van der Waals surface area contributed by atoms with Crippen molar-refractivity contribution < 1.29 is 4.79 Å². The number of rotatable bonds is 6. The molecule has 1 aliphatic rings. The van der Waals surface area contributed by atoms with Gasteiger partial charge in [0.05, 0.1) is 28.0 Å². The number of carbonyl (C=O) groups is 1. The Morgan fingerprint density at radius 2 is 1.58 bits per heavy atom. The number of fused-ring (bicyclic) bond motifs is 3. The number of unbranched alkanes of at least 4 members (excludes halogenated alkanes) is 1. The van der Waals surface area contributed by atoms with Crippen molar-refractivity contribution in [3.8, 4) is 0 Å². The van der Waals surface area contributed by atoms with Crippen LogP contribution in [0, 0.1) is 0 Å². The lowest BCUT2D eigenvalue weighted by atomic mass is 10.2. The van der Waals surface area contributed by atoms with Crippen molar-refractivity contribution in [1.29, 1.82) is 0 Å². The summed E-state index contributed by atoms with van der Waals surface area (Å²) in [5.41, 5.74) is 2.40. The highest BCUT2D eigenvalue weighted by Gasteiger charge is 2.28. The highest BCUT2D eigenvalue weighted by atomic mass is 32.2. The third-order valence-electron chi connectivity index (χ3n) is 5.57. The maximum atomic E-state index is 13.6. The molecular formula is C26H23N3O2S2. The number of amides is 1. The average Bonchev–Trinajstić information content (AvgIpc) is 2.85. The summed E-state index contributed by atoms with van der Waals surface area (Å²) in [5.74, 6) is 0.147. The number of anilines is 2. The summed E-state index contributed by atoms with van der Waals surface area (Å²) in [6.45, 7) is 2.69. The molecule has 5 nitrogen and oxygen atoms in total. The second-order valence-corrected chi connectivity index (χ2v) is 9.80. The van der Waals surface area contributed by atoms with Crippen LogP contribution in [0.25, 0.3) is 10.9 Å². The van der Waals surface area contributed by atoms with E-state index in [4.69, 9.17) is 4.98 Å². The Hall–Kier alpha value is -3.03. The van der Waals surface area contributed by atoms with E-state index in [1.54, 1.807) is 21.2 Å². The molecule has 7 heteroatoms. The van der Waals surface area contributed by atoms with Crippen molar-refractivity contribution in [1.82, 2.24) is 9.55 Å². The van der Waals surface area contributed by atoms with Crippen LogP contribution in [-0.2, 0) is 11.3 Å². The molecular weight excluding hydrogens is 450 g/mol. The predicted octanol–water partition coefficient (Wildman–Crippen LogP) is 6.12. The summed E-state index contributed by atoms with van der Waals surface area (Å²) in [6.07, 6.45) is 1.85. The normalized spacial score (nSPS) is 12.5. The Balaban J connectivity index is 1.48. The molecule has 5 rings (SSSR count). The molecule has 0 fully saturated rings. The van der Waals surface area contributed by atoms with Gasteiger partial charge in [0.1, 0.15) is 0 Å². The van der Waals surface area contributed by atoms with Gasteiger partial charge >= 0.3 is 0 Å². The number of hydrogen-bond donors (Lipinski definition) is 0. The van der Waals surface area contributed by atoms with Crippen LogP contribution in [0.2, 0.25) is 0 Å². The van der Waals surface area contributed by atoms with E-state index in [0.717, 1.165) is 34.0 Å². The van der Waals surface area contributed by atoms with Crippen LogP contribution < -0.4 is 10.5 Å². The molecule has 0 saturated carbocycles. The fourth-order valence-corrected chi connectivity index (χ4v) is 5.87. The second kappa shape index (κ2) is 9.45. The number of hydrogen-bond acceptors (Lipinski definition) is 5. The molecule has 0 radical (unpaired) electrons. The van der Waals surface area contributed by atoms with Gasteiger partial charge in [-0.2, -0.15) is 0 Å². The van der Waals surface area contributed by atoms with Gasteiger partial charge in [-0.25, -0.2) is 4.98 Å². The first-order valence-electron chi connectivity index (χ1n) is 11.0. The molecule has 0 N–H and O–H groups in total. The summed E-state index contributed by atoms with van der Waals surface area (Å²) in [6, 6.07) is 23.3. The Kier molecular flexibility index (Phi) is 6.24. The van der Waals surface area contributed by atoms with E-state index >= 15 is 0 Å². The Morgan fingerprint density at radius 1 is 0.939 bits per heavy atom.